The first-order valence-corrected chi connectivity index (χ1v) is 7.74. The van der Waals surface area contributed by atoms with Crippen LogP contribution < -0.4 is 14.8 Å². The molecule has 1 N–H and O–H groups in total. The number of amides is 1. The molecule has 2 aromatic rings. The number of carbonyl (C=O) groups excluding carboxylic acids is 1. The third-order valence-electron chi connectivity index (χ3n) is 3.62. The zero-order chi connectivity index (χ0) is 16.5. The molecule has 2 rings (SSSR count). The summed E-state index contributed by atoms with van der Waals surface area (Å²) >= 11 is 0. The van der Waals surface area contributed by atoms with Crippen LogP contribution in [0, 0.1) is 0 Å². The van der Waals surface area contributed by atoms with Crippen molar-refractivity contribution in [2.45, 2.75) is 19.3 Å². The lowest BCUT2D eigenvalue weighted by Crippen LogP contribution is -2.26. The summed E-state index contributed by atoms with van der Waals surface area (Å²) in [7, 11) is 3.29. The van der Waals surface area contributed by atoms with E-state index < -0.39 is 0 Å². The summed E-state index contributed by atoms with van der Waals surface area (Å²) in [6, 6.07) is 15.6. The minimum atomic E-state index is 0.0424. The lowest BCUT2D eigenvalue weighted by molar-refractivity contribution is -0.120. The summed E-state index contributed by atoms with van der Waals surface area (Å²) < 4.78 is 10.3. The van der Waals surface area contributed by atoms with Gasteiger partial charge in [-0.2, -0.15) is 0 Å². The number of carbonyl (C=O) groups is 1. The number of methoxy groups -OCH3 is 2. The molecule has 0 aliphatic rings. The largest absolute Gasteiger partial charge is 0.497 e. The normalized spacial score (nSPS) is 10.2. The van der Waals surface area contributed by atoms with Gasteiger partial charge in [0.25, 0.3) is 0 Å². The molecule has 0 fully saturated rings. The monoisotopic (exact) mass is 313 g/mol. The summed E-state index contributed by atoms with van der Waals surface area (Å²) in [4.78, 5) is 11.9. The van der Waals surface area contributed by atoms with Crippen molar-refractivity contribution in [1.82, 2.24) is 5.32 Å². The Morgan fingerprint density at radius 3 is 2.39 bits per heavy atom. The van der Waals surface area contributed by atoms with Crippen LogP contribution in [0.5, 0.6) is 11.5 Å². The summed E-state index contributed by atoms with van der Waals surface area (Å²) in [5.41, 5.74) is 2.20. The molecule has 0 aromatic heterocycles. The molecule has 0 bridgehead atoms. The Balaban J connectivity index is 1.69. The maximum Gasteiger partial charge on any atom is 0.224 e. The Morgan fingerprint density at radius 1 is 0.957 bits per heavy atom. The third kappa shape index (κ3) is 5.66. The molecule has 0 aliphatic heterocycles. The highest BCUT2D eigenvalue weighted by atomic mass is 16.5. The van der Waals surface area contributed by atoms with Gasteiger partial charge in [0.2, 0.25) is 5.91 Å². The van der Waals surface area contributed by atoms with Gasteiger partial charge in [-0.25, -0.2) is 0 Å². The standard InChI is InChI=1S/C19H23NO3/c1-22-17-10-8-16(9-11-17)14-19(21)20-12-4-6-15-5-3-7-18(13-15)23-2/h3,5,7-11,13H,4,6,12,14H2,1-2H3,(H,20,21). The number of hydrogen-bond donors (Lipinski definition) is 1. The van der Waals surface area contributed by atoms with Gasteiger partial charge in [-0.3, -0.25) is 4.79 Å². The second-order valence-electron chi connectivity index (χ2n) is 5.33. The highest BCUT2D eigenvalue weighted by molar-refractivity contribution is 5.78. The summed E-state index contributed by atoms with van der Waals surface area (Å²) in [6.07, 6.45) is 2.21. The van der Waals surface area contributed by atoms with Crippen molar-refractivity contribution in [2.75, 3.05) is 20.8 Å². The zero-order valence-corrected chi connectivity index (χ0v) is 13.7. The first-order valence-electron chi connectivity index (χ1n) is 7.74. The summed E-state index contributed by atoms with van der Waals surface area (Å²) in [6.45, 7) is 0.673. The maximum absolute atomic E-state index is 11.9. The van der Waals surface area contributed by atoms with Crippen LogP contribution in [0.1, 0.15) is 17.5 Å². The fourth-order valence-electron chi connectivity index (χ4n) is 2.34. The van der Waals surface area contributed by atoms with E-state index in [1.54, 1.807) is 14.2 Å². The Kier molecular flexibility index (Phi) is 6.48. The molecule has 0 atom stereocenters. The molecule has 2 aromatic carbocycles. The number of benzene rings is 2. The first-order chi connectivity index (χ1) is 11.2. The Hall–Kier alpha value is -2.49. The molecule has 0 aliphatic carbocycles. The van der Waals surface area contributed by atoms with E-state index in [4.69, 9.17) is 9.47 Å². The average molecular weight is 313 g/mol. The first kappa shape index (κ1) is 16.9. The van der Waals surface area contributed by atoms with E-state index in [1.807, 2.05) is 42.5 Å². The van der Waals surface area contributed by atoms with Crippen LogP contribution >= 0.6 is 0 Å². The van der Waals surface area contributed by atoms with Crippen LogP contribution in [-0.2, 0) is 17.6 Å². The second-order valence-corrected chi connectivity index (χ2v) is 5.33. The molecule has 4 nitrogen and oxygen atoms in total. The van der Waals surface area contributed by atoms with Gasteiger partial charge in [0.1, 0.15) is 11.5 Å². The lowest BCUT2D eigenvalue weighted by atomic mass is 10.1. The van der Waals surface area contributed by atoms with Crippen molar-refractivity contribution in [3.05, 3.63) is 59.7 Å². The number of aryl methyl sites for hydroxylation is 1. The molecule has 0 saturated carbocycles. The van der Waals surface area contributed by atoms with Crippen LogP contribution in [0.4, 0.5) is 0 Å². The number of hydrogen-bond acceptors (Lipinski definition) is 3. The van der Waals surface area contributed by atoms with Gasteiger partial charge < -0.3 is 14.8 Å². The van der Waals surface area contributed by atoms with Crippen LogP contribution in [-0.4, -0.2) is 26.7 Å². The topological polar surface area (TPSA) is 47.6 Å². The minimum Gasteiger partial charge on any atom is -0.497 e. The maximum atomic E-state index is 11.9. The van der Waals surface area contributed by atoms with Crippen LogP contribution in [0.3, 0.4) is 0 Å². The Morgan fingerprint density at radius 2 is 1.70 bits per heavy atom. The van der Waals surface area contributed by atoms with E-state index in [9.17, 15) is 4.79 Å². The van der Waals surface area contributed by atoms with Crippen molar-refractivity contribution >= 4 is 5.91 Å². The van der Waals surface area contributed by atoms with Crippen molar-refractivity contribution in [1.29, 1.82) is 0 Å². The predicted octanol–water partition coefficient (Wildman–Crippen LogP) is 3.00. The summed E-state index contributed by atoms with van der Waals surface area (Å²) in [5, 5.41) is 2.96. The van der Waals surface area contributed by atoms with Gasteiger partial charge in [0, 0.05) is 6.54 Å². The van der Waals surface area contributed by atoms with Crippen molar-refractivity contribution in [3.63, 3.8) is 0 Å². The van der Waals surface area contributed by atoms with Gasteiger partial charge >= 0.3 is 0 Å². The number of nitrogens with one attached hydrogen (secondary N) is 1. The molecule has 1 amide bonds. The molecule has 0 saturated heterocycles. The second kappa shape index (κ2) is 8.83. The molecule has 122 valence electrons. The van der Waals surface area contributed by atoms with Gasteiger partial charge in [0.15, 0.2) is 0 Å². The van der Waals surface area contributed by atoms with Crippen molar-refractivity contribution < 1.29 is 14.3 Å². The Bertz CT molecular complexity index is 623. The van der Waals surface area contributed by atoms with E-state index >= 15 is 0 Å². The van der Waals surface area contributed by atoms with Gasteiger partial charge in [-0.05, 0) is 48.2 Å². The Labute approximate surface area is 137 Å². The number of rotatable bonds is 8. The van der Waals surface area contributed by atoms with Gasteiger partial charge in [-0.15, -0.1) is 0 Å². The third-order valence-corrected chi connectivity index (χ3v) is 3.62. The molecule has 0 radical (unpaired) electrons. The zero-order valence-electron chi connectivity index (χ0n) is 13.7. The predicted molar refractivity (Wildman–Crippen MR) is 91.0 cm³/mol. The number of ether oxygens (including phenoxy) is 2. The smallest absolute Gasteiger partial charge is 0.224 e. The van der Waals surface area contributed by atoms with E-state index in [-0.39, 0.29) is 5.91 Å². The van der Waals surface area contributed by atoms with E-state index in [2.05, 4.69) is 11.4 Å². The summed E-state index contributed by atoms with van der Waals surface area (Å²) in [5.74, 6) is 1.71. The highest BCUT2D eigenvalue weighted by Crippen LogP contribution is 2.14. The van der Waals surface area contributed by atoms with Gasteiger partial charge in [0.05, 0.1) is 20.6 Å². The van der Waals surface area contributed by atoms with E-state index in [0.717, 1.165) is 29.9 Å². The quantitative estimate of drug-likeness (QED) is 0.762. The van der Waals surface area contributed by atoms with E-state index in [0.29, 0.717) is 13.0 Å². The highest BCUT2D eigenvalue weighted by Gasteiger charge is 2.03. The van der Waals surface area contributed by atoms with E-state index in [1.165, 1.54) is 5.56 Å². The van der Waals surface area contributed by atoms with Crippen LogP contribution in [0.2, 0.25) is 0 Å². The molecule has 0 unspecified atom stereocenters. The molecular formula is C19H23NO3. The minimum absolute atomic E-state index is 0.0424. The van der Waals surface area contributed by atoms with Crippen molar-refractivity contribution in [3.8, 4) is 11.5 Å². The SMILES string of the molecule is COc1ccc(CC(=O)NCCCc2cccc(OC)c2)cc1. The lowest BCUT2D eigenvalue weighted by Gasteiger charge is -2.07. The fraction of sp³-hybridized carbons (Fsp3) is 0.316. The molecule has 0 spiro atoms. The average Bonchev–Trinajstić information content (AvgIpc) is 2.59. The molecular weight excluding hydrogens is 290 g/mol. The van der Waals surface area contributed by atoms with Gasteiger partial charge in [-0.1, -0.05) is 24.3 Å². The van der Waals surface area contributed by atoms with Crippen LogP contribution in [0.25, 0.3) is 0 Å². The van der Waals surface area contributed by atoms with Crippen molar-refractivity contribution in [2.24, 2.45) is 0 Å². The molecule has 4 heteroatoms. The molecule has 23 heavy (non-hydrogen) atoms. The fourth-order valence-corrected chi connectivity index (χ4v) is 2.34. The van der Waals surface area contributed by atoms with Crippen LogP contribution in [0.15, 0.2) is 48.5 Å². The molecule has 0 heterocycles.